The summed E-state index contributed by atoms with van der Waals surface area (Å²) in [5.74, 6) is -0.852. The molecule has 0 aliphatic carbocycles. The molecule has 0 radical (unpaired) electrons. The number of rotatable bonds is 4. The molecule has 1 atom stereocenters. The minimum absolute atomic E-state index is 0.110. The highest BCUT2D eigenvalue weighted by Gasteiger charge is 2.35. The summed E-state index contributed by atoms with van der Waals surface area (Å²) in [6.07, 6.45) is 0.629. The Labute approximate surface area is 146 Å². The van der Waals surface area contributed by atoms with Gasteiger partial charge >= 0.3 is 0 Å². The van der Waals surface area contributed by atoms with Gasteiger partial charge in [-0.1, -0.05) is 6.92 Å². The highest BCUT2D eigenvalue weighted by Crippen LogP contribution is 2.27. The lowest BCUT2D eigenvalue weighted by atomic mass is 9.99. The third-order valence-electron chi connectivity index (χ3n) is 4.76. The summed E-state index contributed by atoms with van der Waals surface area (Å²) in [5, 5.41) is 2.17. The Bertz CT molecular complexity index is 740. The van der Waals surface area contributed by atoms with Crippen LogP contribution in [0.2, 0.25) is 0 Å². The van der Waals surface area contributed by atoms with Crippen molar-refractivity contribution in [3.8, 4) is 0 Å². The first kappa shape index (κ1) is 17.1. The smallest absolute Gasteiger partial charge is 0.261 e. The van der Waals surface area contributed by atoms with Crippen molar-refractivity contribution in [1.29, 1.82) is 0 Å². The number of piperidine rings is 1. The van der Waals surface area contributed by atoms with Crippen LogP contribution >= 0.6 is 0 Å². The lowest BCUT2D eigenvalue weighted by Crippen LogP contribution is -2.54. The minimum Gasteiger partial charge on any atom is -0.371 e. The van der Waals surface area contributed by atoms with Gasteiger partial charge in [-0.25, -0.2) is 0 Å². The summed E-state index contributed by atoms with van der Waals surface area (Å²) in [7, 11) is 0. The van der Waals surface area contributed by atoms with Gasteiger partial charge in [-0.2, -0.15) is 0 Å². The molecule has 25 heavy (non-hydrogen) atoms. The molecule has 2 saturated heterocycles. The third kappa shape index (κ3) is 3.26. The van der Waals surface area contributed by atoms with Gasteiger partial charge in [0.05, 0.1) is 0 Å². The number of anilines is 1. The Morgan fingerprint density at radius 3 is 2.60 bits per heavy atom. The predicted octanol–water partition coefficient (Wildman–Crippen LogP) is 0.855. The molecule has 0 saturated carbocycles. The monoisotopic (exact) mass is 343 g/mol. The fourth-order valence-corrected chi connectivity index (χ4v) is 3.34. The minimum atomic E-state index is -0.946. The van der Waals surface area contributed by atoms with Gasteiger partial charge in [-0.3, -0.25) is 29.4 Å². The predicted molar refractivity (Wildman–Crippen MR) is 91.0 cm³/mol. The lowest BCUT2D eigenvalue weighted by molar-refractivity contribution is -0.139. The maximum Gasteiger partial charge on any atom is 0.261 e. The number of nitrogens with one attached hydrogen (secondary N) is 1. The fraction of sp³-hybridized carbons (Fsp3) is 0.444. The van der Waals surface area contributed by atoms with E-state index in [2.05, 4.69) is 17.1 Å². The van der Waals surface area contributed by atoms with E-state index in [1.165, 1.54) is 0 Å². The van der Waals surface area contributed by atoms with Crippen molar-refractivity contribution < 1.29 is 19.2 Å². The maximum absolute atomic E-state index is 12.8. The molecule has 0 aromatic heterocycles. The maximum atomic E-state index is 12.8. The Balaban J connectivity index is 1.80. The number of nitrogens with zero attached hydrogens (tertiary/aromatic N) is 2. The number of amides is 4. The molecule has 0 spiro atoms. The van der Waals surface area contributed by atoms with Gasteiger partial charge < -0.3 is 4.90 Å². The first-order chi connectivity index (χ1) is 11.9. The molecular weight excluding hydrogens is 322 g/mol. The van der Waals surface area contributed by atoms with Crippen molar-refractivity contribution in [2.75, 3.05) is 18.0 Å². The molecule has 4 amide bonds. The second-order valence-electron chi connectivity index (χ2n) is 6.79. The molecule has 132 valence electrons. The van der Waals surface area contributed by atoms with E-state index in [0.717, 1.165) is 29.2 Å². The number of hydrogen-bond acceptors (Lipinski definition) is 5. The van der Waals surface area contributed by atoms with Crippen LogP contribution in [-0.4, -0.2) is 48.2 Å². The zero-order valence-electron chi connectivity index (χ0n) is 14.3. The van der Waals surface area contributed by atoms with Gasteiger partial charge in [0.1, 0.15) is 6.04 Å². The van der Waals surface area contributed by atoms with Crippen LogP contribution in [-0.2, 0) is 14.4 Å². The molecular formula is C18H21N3O4. The van der Waals surface area contributed by atoms with Gasteiger partial charge in [-0.15, -0.1) is 0 Å². The highest BCUT2D eigenvalue weighted by atomic mass is 16.2. The molecule has 1 aromatic carbocycles. The van der Waals surface area contributed by atoms with Crippen molar-refractivity contribution >= 4 is 29.8 Å². The van der Waals surface area contributed by atoms with Crippen molar-refractivity contribution in [2.24, 2.45) is 5.92 Å². The Hall–Kier alpha value is -2.70. The zero-order chi connectivity index (χ0) is 18.1. The van der Waals surface area contributed by atoms with E-state index in [1.54, 1.807) is 6.07 Å². The quantitative estimate of drug-likeness (QED) is 0.647. The summed E-state index contributed by atoms with van der Waals surface area (Å²) in [5.41, 5.74) is 2.18. The van der Waals surface area contributed by atoms with Gasteiger partial charge in [-0.05, 0) is 43.0 Å². The van der Waals surface area contributed by atoms with Gasteiger partial charge in [0.15, 0.2) is 0 Å². The van der Waals surface area contributed by atoms with Crippen LogP contribution in [0.4, 0.5) is 5.69 Å². The largest absolute Gasteiger partial charge is 0.371 e. The van der Waals surface area contributed by atoms with Crippen molar-refractivity contribution in [3.63, 3.8) is 0 Å². The van der Waals surface area contributed by atoms with E-state index in [4.69, 9.17) is 0 Å². The molecule has 1 N–H and O–H groups in total. The molecule has 0 bridgehead atoms. The van der Waals surface area contributed by atoms with Gasteiger partial charge in [0.2, 0.25) is 18.2 Å². The van der Waals surface area contributed by atoms with E-state index in [0.29, 0.717) is 17.9 Å². The van der Waals surface area contributed by atoms with Crippen LogP contribution in [0.5, 0.6) is 0 Å². The van der Waals surface area contributed by atoms with Crippen LogP contribution < -0.4 is 10.2 Å². The summed E-state index contributed by atoms with van der Waals surface area (Å²) < 4.78 is 0. The molecule has 2 aliphatic rings. The van der Waals surface area contributed by atoms with Crippen molar-refractivity contribution in [1.82, 2.24) is 10.2 Å². The molecule has 7 nitrogen and oxygen atoms in total. The molecule has 1 unspecified atom stereocenters. The number of hydrogen-bond donors (Lipinski definition) is 1. The summed E-state index contributed by atoms with van der Waals surface area (Å²) >= 11 is 0. The van der Waals surface area contributed by atoms with Crippen LogP contribution in [0, 0.1) is 12.8 Å². The Kier molecular flexibility index (Phi) is 4.57. The normalized spacial score (nSPS) is 20.7. The second-order valence-corrected chi connectivity index (χ2v) is 6.79. The van der Waals surface area contributed by atoms with Crippen LogP contribution in [0.15, 0.2) is 18.2 Å². The van der Waals surface area contributed by atoms with E-state index >= 15 is 0 Å². The van der Waals surface area contributed by atoms with Crippen LogP contribution in [0.25, 0.3) is 0 Å². The highest BCUT2D eigenvalue weighted by molar-refractivity contribution is 6.07. The molecule has 2 heterocycles. The first-order valence-electron chi connectivity index (χ1n) is 8.38. The van der Waals surface area contributed by atoms with E-state index < -0.39 is 17.9 Å². The van der Waals surface area contributed by atoms with Gasteiger partial charge in [0.25, 0.3) is 5.91 Å². The molecule has 7 heteroatoms. The Morgan fingerprint density at radius 2 is 2.04 bits per heavy atom. The van der Waals surface area contributed by atoms with Crippen LogP contribution in [0.1, 0.15) is 35.7 Å². The first-order valence-corrected chi connectivity index (χ1v) is 8.38. The van der Waals surface area contributed by atoms with Crippen molar-refractivity contribution in [3.05, 3.63) is 29.3 Å². The number of benzene rings is 1. The number of aryl methyl sites for hydroxylation is 1. The standard InChI is InChI=1S/C18H21N3O4/c1-11-8-20(9-11)13-3-4-14(12(2)7-13)18(25)21(10-22)15-5-6-16(23)19-17(15)24/h3-4,7,10-11,15H,5-6,8-9H2,1-2H3,(H,19,23,24). The lowest BCUT2D eigenvalue weighted by Gasteiger charge is -2.39. The third-order valence-corrected chi connectivity index (χ3v) is 4.76. The van der Waals surface area contributed by atoms with E-state index in [9.17, 15) is 19.2 Å². The number of imide groups is 2. The number of carbonyl (C=O) groups excluding carboxylic acids is 4. The molecule has 1 aromatic rings. The SMILES string of the molecule is Cc1cc(N2CC(C)C2)ccc1C(=O)N(C=O)C1CCC(=O)NC1=O. The zero-order valence-corrected chi connectivity index (χ0v) is 14.3. The summed E-state index contributed by atoms with van der Waals surface area (Å²) in [6.45, 7) is 5.98. The number of carbonyl (C=O) groups is 4. The average Bonchev–Trinajstić information content (AvgIpc) is 2.54. The Morgan fingerprint density at radius 1 is 1.32 bits per heavy atom. The van der Waals surface area contributed by atoms with Gasteiger partial charge in [0, 0.05) is 30.8 Å². The second kappa shape index (κ2) is 6.66. The van der Waals surface area contributed by atoms with E-state index in [-0.39, 0.29) is 18.7 Å². The molecule has 2 aliphatic heterocycles. The average molecular weight is 343 g/mol. The summed E-state index contributed by atoms with van der Waals surface area (Å²) in [6, 6.07) is 4.53. The molecule has 3 rings (SSSR count). The van der Waals surface area contributed by atoms with E-state index in [1.807, 2.05) is 19.1 Å². The van der Waals surface area contributed by atoms with Crippen molar-refractivity contribution in [2.45, 2.75) is 32.7 Å². The molecule has 2 fully saturated rings. The fourth-order valence-electron chi connectivity index (χ4n) is 3.34. The summed E-state index contributed by atoms with van der Waals surface area (Å²) in [4.78, 5) is 50.5. The topological polar surface area (TPSA) is 86.8 Å². The van der Waals surface area contributed by atoms with Crippen LogP contribution in [0.3, 0.4) is 0 Å².